The number of hydrogen-bond donors (Lipinski definition) is 2. The Kier molecular flexibility index (Phi) is 8.25. The first-order valence-electron chi connectivity index (χ1n) is 10.8. The van der Waals surface area contributed by atoms with Crippen LogP contribution in [0.3, 0.4) is 0 Å². The molecular formula is C25H27N3O4S2. The van der Waals surface area contributed by atoms with E-state index in [4.69, 9.17) is 17.0 Å². The quantitative estimate of drug-likeness (QED) is 0.434. The van der Waals surface area contributed by atoms with Crippen molar-refractivity contribution in [2.24, 2.45) is 0 Å². The van der Waals surface area contributed by atoms with Crippen molar-refractivity contribution in [3.63, 3.8) is 0 Å². The molecule has 0 aromatic heterocycles. The van der Waals surface area contributed by atoms with Gasteiger partial charge >= 0.3 is 0 Å². The Morgan fingerprint density at radius 3 is 2.21 bits per heavy atom. The van der Waals surface area contributed by atoms with E-state index in [2.05, 4.69) is 10.6 Å². The van der Waals surface area contributed by atoms with Crippen molar-refractivity contribution in [1.82, 2.24) is 5.32 Å². The van der Waals surface area contributed by atoms with Crippen molar-refractivity contribution < 1.29 is 17.9 Å². The van der Waals surface area contributed by atoms with Gasteiger partial charge in [-0.3, -0.25) is 14.4 Å². The number of carbonyl (C=O) groups is 1. The smallest absolute Gasteiger partial charge is 0.264 e. The minimum absolute atomic E-state index is 0.0828. The number of nitrogens with zero attached hydrogens (tertiary/aromatic N) is 1. The number of amides is 1. The van der Waals surface area contributed by atoms with Crippen molar-refractivity contribution >= 4 is 44.6 Å². The number of ether oxygens (including phenoxy) is 1. The molecule has 0 aliphatic carbocycles. The Balaban J connectivity index is 1.69. The Labute approximate surface area is 205 Å². The minimum Gasteiger partial charge on any atom is -0.490 e. The topological polar surface area (TPSA) is 87.7 Å². The molecule has 7 nitrogen and oxygen atoms in total. The summed E-state index contributed by atoms with van der Waals surface area (Å²) < 4.78 is 33.3. The lowest BCUT2D eigenvalue weighted by Gasteiger charge is -2.23. The number of thiocarbonyl (C=S) groups is 1. The predicted molar refractivity (Wildman–Crippen MR) is 139 cm³/mol. The van der Waals surface area contributed by atoms with Gasteiger partial charge in [0.15, 0.2) is 5.11 Å². The number of para-hydroxylation sites is 2. The number of nitrogens with one attached hydrogen (secondary N) is 2. The molecule has 0 aliphatic rings. The zero-order valence-electron chi connectivity index (χ0n) is 19.2. The molecule has 9 heteroatoms. The fourth-order valence-electron chi connectivity index (χ4n) is 3.27. The highest BCUT2D eigenvalue weighted by atomic mass is 32.2. The van der Waals surface area contributed by atoms with Crippen molar-refractivity contribution in [3.8, 4) is 5.75 Å². The summed E-state index contributed by atoms with van der Waals surface area (Å²) in [4.78, 5) is 12.8. The van der Waals surface area contributed by atoms with E-state index in [-0.39, 0.29) is 16.1 Å². The van der Waals surface area contributed by atoms with Crippen molar-refractivity contribution in [1.29, 1.82) is 0 Å². The molecule has 0 aliphatic heterocycles. The maximum atomic E-state index is 13.1. The second-order valence-corrected chi connectivity index (χ2v) is 9.87. The molecule has 0 spiro atoms. The zero-order chi connectivity index (χ0) is 24.7. The Hall–Kier alpha value is -3.43. The van der Waals surface area contributed by atoms with Gasteiger partial charge in [0.05, 0.1) is 22.3 Å². The summed E-state index contributed by atoms with van der Waals surface area (Å²) in [6.07, 6.45) is -0.0839. The third-order valence-electron chi connectivity index (χ3n) is 4.75. The van der Waals surface area contributed by atoms with Gasteiger partial charge in [0.1, 0.15) is 5.75 Å². The number of rotatable bonds is 8. The Bertz CT molecular complexity index is 1240. The van der Waals surface area contributed by atoms with E-state index < -0.39 is 15.9 Å². The van der Waals surface area contributed by atoms with Crippen molar-refractivity contribution in [2.45, 2.75) is 31.8 Å². The molecule has 0 radical (unpaired) electrons. The average Bonchev–Trinajstić information content (AvgIpc) is 2.80. The van der Waals surface area contributed by atoms with E-state index >= 15 is 0 Å². The van der Waals surface area contributed by atoms with Gasteiger partial charge in [-0.15, -0.1) is 0 Å². The van der Waals surface area contributed by atoms with Gasteiger partial charge in [0, 0.05) is 12.2 Å². The van der Waals surface area contributed by atoms with Crippen LogP contribution in [0.5, 0.6) is 5.75 Å². The monoisotopic (exact) mass is 497 g/mol. The lowest BCUT2D eigenvalue weighted by molar-refractivity contribution is 0.0972. The van der Waals surface area contributed by atoms with E-state index in [0.717, 1.165) is 0 Å². The Morgan fingerprint density at radius 1 is 0.971 bits per heavy atom. The molecule has 0 saturated heterocycles. The van der Waals surface area contributed by atoms with E-state index in [1.165, 1.54) is 16.4 Å². The molecule has 0 saturated carbocycles. The van der Waals surface area contributed by atoms with Crippen LogP contribution >= 0.6 is 12.2 Å². The van der Waals surface area contributed by atoms with Gasteiger partial charge in [-0.1, -0.05) is 30.3 Å². The normalized spacial score (nSPS) is 11.1. The van der Waals surface area contributed by atoms with Crippen LogP contribution in [-0.4, -0.2) is 32.1 Å². The van der Waals surface area contributed by atoms with Gasteiger partial charge < -0.3 is 10.1 Å². The summed E-state index contributed by atoms with van der Waals surface area (Å²) in [6, 6.07) is 22.0. The van der Waals surface area contributed by atoms with Gasteiger partial charge in [0.25, 0.3) is 15.9 Å². The summed E-state index contributed by atoms with van der Waals surface area (Å²) in [6.45, 7) is 5.84. The maximum Gasteiger partial charge on any atom is 0.264 e. The number of anilines is 2. The Morgan fingerprint density at radius 2 is 1.59 bits per heavy atom. The number of sulfonamides is 1. The van der Waals surface area contributed by atoms with E-state index in [1.807, 2.05) is 19.9 Å². The lowest BCUT2D eigenvalue weighted by Crippen LogP contribution is -2.34. The first kappa shape index (κ1) is 25.2. The second-order valence-electron chi connectivity index (χ2n) is 7.60. The van der Waals surface area contributed by atoms with Crippen LogP contribution in [0.15, 0.2) is 83.8 Å². The van der Waals surface area contributed by atoms with Gasteiger partial charge in [0.2, 0.25) is 0 Å². The van der Waals surface area contributed by atoms with Crippen LogP contribution in [0.2, 0.25) is 0 Å². The first-order chi connectivity index (χ1) is 16.2. The molecule has 0 unspecified atom stereocenters. The number of benzene rings is 3. The maximum absolute atomic E-state index is 13.1. The molecule has 2 N–H and O–H groups in total. The fourth-order valence-corrected chi connectivity index (χ4v) is 4.95. The van der Waals surface area contributed by atoms with Crippen molar-refractivity contribution in [3.05, 3.63) is 84.4 Å². The highest BCUT2D eigenvalue weighted by Crippen LogP contribution is 2.24. The highest BCUT2D eigenvalue weighted by molar-refractivity contribution is 7.92. The van der Waals surface area contributed by atoms with Crippen LogP contribution in [0, 0.1) is 0 Å². The standard InChI is InChI=1S/C25H27N3O4S2/c1-4-28(20-10-6-5-7-11-20)34(30,31)21-16-14-19(15-17-21)26-25(33)27-24(29)22-12-8-9-13-23(22)32-18(2)3/h5-18H,4H2,1-3H3,(H2,26,27,29,33). The predicted octanol–water partition coefficient (Wildman–Crippen LogP) is 4.82. The first-order valence-corrected chi connectivity index (χ1v) is 12.6. The third-order valence-corrected chi connectivity index (χ3v) is 6.87. The molecule has 3 aromatic rings. The zero-order valence-corrected chi connectivity index (χ0v) is 20.8. The molecule has 0 heterocycles. The summed E-state index contributed by atoms with van der Waals surface area (Å²) in [5.74, 6) is 0.0562. The molecule has 3 aromatic carbocycles. The molecule has 1 amide bonds. The van der Waals surface area contributed by atoms with Crippen LogP contribution < -0.4 is 19.7 Å². The SMILES string of the molecule is CCN(c1ccccc1)S(=O)(=O)c1ccc(NC(=S)NC(=O)c2ccccc2OC(C)C)cc1. The molecule has 0 bridgehead atoms. The van der Waals surface area contributed by atoms with Gasteiger partial charge in [-0.05, 0) is 81.5 Å². The van der Waals surface area contributed by atoms with Gasteiger partial charge in [-0.2, -0.15) is 0 Å². The molecule has 0 fully saturated rings. The van der Waals surface area contributed by atoms with Gasteiger partial charge in [-0.25, -0.2) is 8.42 Å². The summed E-state index contributed by atoms with van der Waals surface area (Å²) in [7, 11) is -3.73. The second kappa shape index (κ2) is 11.1. The highest BCUT2D eigenvalue weighted by Gasteiger charge is 2.23. The largest absolute Gasteiger partial charge is 0.490 e. The fraction of sp³-hybridized carbons (Fsp3) is 0.200. The van der Waals surface area contributed by atoms with Crippen LogP contribution in [0.4, 0.5) is 11.4 Å². The average molecular weight is 498 g/mol. The summed E-state index contributed by atoms with van der Waals surface area (Å²) in [5.41, 5.74) is 1.50. The summed E-state index contributed by atoms with van der Waals surface area (Å²) >= 11 is 5.26. The van der Waals surface area contributed by atoms with E-state index in [9.17, 15) is 13.2 Å². The molecule has 3 rings (SSSR count). The van der Waals surface area contributed by atoms with Crippen molar-refractivity contribution in [2.75, 3.05) is 16.2 Å². The van der Waals surface area contributed by atoms with E-state index in [1.54, 1.807) is 67.6 Å². The van der Waals surface area contributed by atoms with Crippen LogP contribution in [0.1, 0.15) is 31.1 Å². The summed E-state index contributed by atoms with van der Waals surface area (Å²) in [5, 5.41) is 5.62. The molecule has 178 valence electrons. The number of carbonyl (C=O) groups excluding carboxylic acids is 1. The number of hydrogen-bond acceptors (Lipinski definition) is 5. The third kappa shape index (κ3) is 6.12. The van der Waals surface area contributed by atoms with Crippen LogP contribution in [0.25, 0.3) is 0 Å². The van der Waals surface area contributed by atoms with E-state index in [0.29, 0.717) is 29.2 Å². The minimum atomic E-state index is -3.73. The van der Waals surface area contributed by atoms with Crippen LogP contribution in [-0.2, 0) is 10.0 Å². The molecular weight excluding hydrogens is 470 g/mol. The molecule has 0 atom stereocenters. The molecule has 34 heavy (non-hydrogen) atoms. The lowest BCUT2D eigenvalue weighted by atomic mass is 10.2.